The Bertz CT molecular complexity index is 715. The van der Waals surface area contributed by atoms with Gasteiger partial charge in [-0.25, -0.2) is 0 Å². The Morgan fingerprint density at radius 1 is 1.18 bits per heavy atom. The fourth-order valence-electron chi connectivity index (χ4n) is 2.30. The zero-order valence-electron chi connectivity index (χ0n) is 12.5. The van der Waals surface area contributed by atoms with Gasteiger partial charge in [0.2, 0.25) is 6.79 Å². The van der Waals surface area contributed by atoms with Gasteiger partial charge in [-0.05, 0) is 48.6 Å². The standard InChI is InChI=1S/C17H17NO3S/c1-11-3-5-13(22-2)8-14(11)17(19)18-9-12-4-6-15-16(7-12)21-10-20-15/h3-8H,9-10H2,1-2H3,(H,18,19). The van der Waals surface area contributed by atoms with Gasteiger partial charge in [-0.3, -0.25) is 4.79 Å². The number of thioether (sulfide) groups is 1. The minimum atomic E-state index is -0.0638. The van der Waals surface area contributed by atoms with Crippen molar-refractivity contribution in [1.29, 1.82) is 0 Å². The Morgan fingerprint density at radius 3 is 2.82 bits per heavy atom. The van der Waals surface area contributed by atoms with Crippen LogP contribution in [0.15, 0.2) is 41.3 Å². The molecule has 1 aliphatic rings. The number of carbonyl (C=O) groups excluding carboxylic acids is 1. The largest absolute Gasteiger partial charge is 0.454 e. The molecule has 0 unspecified atom stereocenters. The molecule has 1 heterocycles. The summed E-state index contributed by atoms with van der Waals surface area (Å²) in [6, 6.07) is 11.6. The smallest absolute Gasteiger partial charge is 0.251 e. The van der Waals surface area contributed by atoms with E-state index in [0.29, 0.717) is 12.1 Å². The number of amides is 1. The number of hydrogen-bond acceptors (Lipinski definition) is 4. The second-order valence-electron chi connectivity index (χ2n) is 5.05. The maximum absolute atomic E-state index is 12.4. The van der Waals surface area contributed by atoms with Gasteiger partial charge in [0.1, 0.15) is 0 Å². The van der Waals surface area contributed by atoms with Crippen LogP contribution in [0, 0.1) is 6.92 Å². The third kappa shape index (κ3) is 3.04. The van der Waals surface area contributed by atoms with Crippen molar-refractivity contribution in [2.24, 2.45) is 0 Å². The highest BCUT2D eigenvalue weighted by molar-refractivity contribution is 7.98. The average Bonchev–Trinajstić information content (AvgIpc) is 3.00. The van der Waals surface area contributed by atoms with Crippen molar-refractivity contribution in [3.05, 3.63) is 53.1 Å². The Morgan fingerprint density at radius 2 is 2.00 bits per heavy atom. The highest BCUT2D eigenvalue weighted by atomic mass is 32.2. The predicted molar refractivity (Wildman–Crippen MR) is 86.7 cm³/mol. The van der Waals surface area contributed by atoms with Crippen LogP contribution < -0.4 is 14.8 Å². The minimum absolute atomic E-state index is 0.0638. The number of benzene rings is 2. The van der Waals surface area contributed by atoms with Crippen LogP contribution in [-0.4, -0.2) is 19.0 Å². The van der Waals surface area contributed by atoms with E-state index in [9.17, 15) is 4.79 Å². The Labute approximate surface area is 133 Å². The summed E-state index contributed by atoms with van der Waals surface area (Å²) >= 11 is 1.63. The molecule has 0 fully saturated rings. The second kappa shape index (κ2) is 6.32. The molecule has 1 amide bonds. The Balaban J connectivity index is 1.70. The SMILES string of the molecule is CSc1ccc(C)c(C(=O)NCc2ccc3c(c2)OCO3)c1. The number of rotatable bonds is 4. The molecule has 0 bridgehead atoms. The summed E-state index contributed by atoms with van der Waals surface area (Å²) in [7, 11) is 0. The maximum Gasteiger partial charge on any atom is 0.251 e. The quantitative estimate of drug-likeness (QED) is 0.879. The summed E-state index contributed by atoms with van der Waals surface area (Å²) in [6.07, 6.45) is 2.00. The van der Waals surface area contributed by atoms with Crippen LogP contribution in [-0.2, 0) is 6.54 Å². The van der Waals surface area contributed by atoms with Crippen molar-refractivity contribution in [3.8, 4) is 11.5 Å². The van der Waals surface area contributed by atoms with Gasteiger partial charge in [-0.15, -0.1) is 11.8 Å². The predicted octanol–water partition coefficient (Wildman–Crippen LogP) is 3.38. The molecule has 5 heteroatoms. The van der Waals surface area contributed by atoms with Gasteiger partial charge in [0.15, 0.2) is 11.5 Å². The molecule has 114 valence electrons. The zero-order chi connectivity index (χ0) is 15.5. The van der Waals surface area contributed by atoms with Crippen molar-refractivity contribution in [2.45, 2.75) is 18.4 Å². The summed E-state index contributed by atoms with van der Waals surface area (Å²) in [5.41, 5.74) is 2.67. The Hall–Kier alpha value is -2.14. The first-order chi connectivity index (χ1) is 10.7. The summed E-state index contributed by atoms with van der Waals surface area (Å²) in [4.78, 5) is 13.4. The van der Waals surface area contributed by atoms with Crippen LogP contribution in [0.2, 0.25) is 0 Å². The fraction of sp³-hybridized carbons (Fsp3) is 0.235. The maximum atomic E-state index is 12.4. The molecule has 3 rings (SSSR count). The summed E-state index contributed by atoms with van der Waals surface area (Å²) in [6.45, 7) is 2.66. The number of carbonyl (C=O) groups is 1. The van der Waals surface area contributed by atoms with E-state index < -0.39 is 0 Å². The lowest BCUT2D eigenvalue weighted by Crippen LogP contribution is -2.23. The van der Waals surface area contributed by atoms with Gasteiger partial charge in [-0.2, -0.15) is 0 Å². The third-order valence-electron chi connectivity index (χ3n) is 3.58. The number of nitrogens with one attached hydrogen (secondary N) is 1. The van der Waals surface area contributed by atoms with E-state index in [2.05, 4.69) is 5.32 Å². The molecule has 0 radical (unpaired) electrons. The molecule has 0 aromatic heterocycles. The average molecular weight is 315 g/mol. The molecule has 1 aliphatic heterocycles. The summed E-state index contributed by atoms with van der Waals surface area (Å²) < 4.78 is 10.6. The van der Waals surface area contributed by atoms with E-state index >= 15 is 0 Å². The third-order valence-corrected chi connectivity index (χ3v) is 4.30. The van der Waals surface area contributed by atoms with E-state index in [0.717, 1.165) is 27.5 Å². The van der Waals surface area contributed by atoms with Crippen molar-refractivity contribution in [3.63, 3.8) is 0 Å². The van der Waals surface area contributed by atoms with Crippen LogP contribution in [0.25, 0.3) is 0 Å². The summed E-state index contributed by atoms with van der Waals surface area (Å²) in [5.74, 6) is 1.41. The molecule has 4 nitrogen and oxygen atoms in total. The van der Waals surface area contributed by atoms with E-state index in [1.165, 1.54) is 0 Å². The molecule has 2 aromatic carbocycles. The topological polar surface area (TPSA) is 47.6 Å². The van der Waals surface area contributed by atoms with Crippen LogP contribution in [0.1, 0.15) is 21.5 Å². The first-order valence-electron chi connectivity index (χ1n) is 6.99. The second-order valence-corrected chi connectivity index (χ2v) is 5.93. The van der Waals surface area contributed by atoms with Gasteiger partial charge in [0, 0.05) is 17.0 Å². The first-order valence-corrected chi connectivity index (χ1v) is 8.21. The van der Waals surface area contributed by atoms with Crippen molar-refractivity contribution in [2.75, 3.05) is 13.0 Å². The molecule has 0 spiro atoms. The lowest BCUT2D eigenvalue weighted by atomic mass is 10.1. The van der Waals surface area contributed by atoms with E-state index in [1.54, 1.807) is 11.8 Å². The molecular weight excluding hydrogens is 298 g/mol. The van der Waals surface area contributed by atoms with Crippen LogP contribution >= 0.6 is 11.8 Å². The number of ether oxygens (including phenoxy) is 2. The van der Waals surface area contributed by atoms with Crippen LogP contribution in [0.3, 0.4) is 0 Å². The molecule has 0 saturated carbocycles. The van der Waals surface area contributed by atoms with Gasteiger partial charge in [0.25, 0.3) is 5.91 Å². The molecular formula is C17H17NO3S. The van der Waals surface area contributed by atoms with Gasteiger partial charge in [-0.1, -0.05) is 12.1 Å². The number of aryl methyl sites for hydroxylation is 1. The van der Waals surface area contributed by atoms with E-state index in [-0.39, 0.29) is 12.7 Å². The molecule has 22 heavy (non-hydrogen) atoms. The highest BCUT2D eigenvalue weighted by Crippen LogP contribution is 2.32. The minimum Gasteiger partial charge on any atom is -0.454 e. The lowest BCUT2D eigenvalue weighted by molar-refractivity contribution is 0.0950. The van der Waals surface area contributed by atoms with Crippen LogP contribution in [0.4, 0.5) is 0 Å². The molecule has 0 saturated heterocycles. The highest BCUT2D eigenvalue weighted by Gasteiger charge is 2.14. The molecule has 0 atom stereocenters. The van der Waals surface area contributed by atoms with Gasteiger partial charge < -0.3 is 14.8 Å². The van der Waals surface area contributed by atoms with E-state index in [1.807, 2.05) is 49.6 Å². The Kier molecular flexibility index (Phi) is 4.24. The normalized spacial score (nSPS) is 12.3. The van der Waals surface area contributed by atoms with Crippen molar-refractivity contribution in [1.82, 2.24) is 5.32 Å². The first kappa shape index (κ1) is 14.8. The van der Waals surface area contributed by atoms with Gasteiger partial charge >= 0.3 is 0 Å². The fourth-order valence-corrected chi connectivity index (χ4v) is 2.74. The van der Waals surface area contributed by atoms with Crippen molar-refractivity contribution < 1.29 is 14.3 Å². The molecule has 0 aliphatic carbocycles. The lowest BCUT2D eigenvalue weighted by Gasteiger charge is -2.09. The van der Waals surface area contributed by atoms with Gasteiger partial charge in [0.05, 0.1) is 0 Å². The molecule has 1 N–H and O–H groups in total. The summed E-state index contributed by atoms with van der Waals surface area (Å²) in [5, 5.41) is 2.95. The van der Waals surface area contributed by atoms with Crippen molar-refractivity contribution >= 4 is 17.7 Å². The molecule has 2 aromatic rings. The van der Waals surface area contributed by atoms with E-state index in [4.69, 9.17) is 9.47 Å². The van der Waals surface area contributed by atoms with Crippen LogP contribution in [0.5, 0.6) is 11.5 Å². The zero-order valence-corrected chi connectivity index (χ0v) is 13.3. The monoisotopic (exact) mass is 315 g/mol. The number of hydrogen-bond donors (Lipinski definition) is 1. The number of fused-ring (bicyclic) bond motifs is 1.